The van der Waals surface area contributed by atoms with Crippen LogP contribution in [0.2, 0.25) is 0 Å². The van der Waals surface area contributed by atoms with E-state index in [1.807, 2.05) is 12.1 Å². The molecule has 1 heterocycles. The van der Waals surface area contributed by atoms with Gasteiger partial charge in [-0.25, -0.2) is 0 Å². The van der Waals surface area contributed by atoms with Crippen molar-refractivity contribution in [3.05, 3.63) is 29.8 Å². The molecule has 1 aliphatic rings. The minimum atomic E-state index is -0.393. The van der Waals surface area contributed by atoms with Crippen molar-refractivity contribution in [3.63, 3.8) is 0 Å². The molecule has 2 N–H and O–H groups in total. The highest BCUT2D eigenvalue weighted by Crippen LogP contribution is 2.21. The molecule has 0 bridgehead atoms. The molecule has 15 heavy (non-hydrogen) atoms. The molecule has 1 fully saturated rings. The lowest BCUT2D eigenvalue weighted by Crippen LogP contribution is -2.33. The Labute approximate surface area is 87.9 Å². The largest absolute Gasteiger partial charge is 0.320 e. The Bertz CT molecular complexity index is 436. The number of amides is 1. The molecule has 0 aromatic heterocycles. The lowest BCUT2D eigenvalue weighted by atomic mass is 10.2. The summed E-state index contributed by atoms with van der Waals surface area (Å²) in [6.07, 6.45) is 0.676. The second-order valence-corrected chi connectivity index (χ2v) is 3.55. The third-order valence-corrected chi connectivity index (χ3v) is 2.53. The Morgan fingerprint density at radius 3 is 2.93 bits per heavy atom. The van der Waals surface area contributed by atoms with Gasteiger partial charge in [0.05, 0.1) is 17.7 Å². The van der Waals surface area contributed by atoms with Crippen molar-refractivity contribution in [2.45, 2.75) is 12.5 Å². The Kier molecular flexibility index (Phi) is 2.40. The zero-order chi connectivity index (χ0) is 10.8. The summed E-state index contributed by atoms with van der Waals surface area (Å²) in [6, 6.07) is 8.66. The fraction of sp³-hybridized carbons (Fsp3) is 0.273. The highest BCUT2D eigenvalue weighted by Gasteiger charge is 2.29. The number of carbonyl (C=O) groups is 1. The molecule has 0 radical (unpaired) electrons. The van der Waals surface area contributed by atoms with E-state index in [1.165, 1.54) is 0 Å². The van der Waals surface area contributed by atoms with Crippen LogP contribution < -0.4 is 10.6 Å². The zero-order valence-electron chi connectivity index (χ0n) is 8.18. The number of carbonyl (C=O) groups excluding carboxylic acids is 1. The SMILES string of the molecule is N#Cc1cccc(N2CCC(N)C2=O)c1. The molecular weight excluding hydrogens is 190 g/mol. The van der Waals surface area contributed by atoms with Crippen molar-refractivity contribution < 1.29 is 4.79 Å². The first-order valence-electron chi connectivity index (χ1n) is 4.79. The van der Waals surface area contributed by atoms with Crippen LogP contribution >= 0.6 is 0 Å². The minimum absolute atomic E-state index is 0.0647. The van der Waals surface area contributed by atoms with Gasteiger partial charge in [0, 0.05) is 12.2 Å². The van der Waals surface area contributed by atoms with Crippen LogP contribution in [-0.2, 0) is 4.79 Å². The molecule has 1 aromatic rings. The van der Waals surface area contributed by atoms with E-state index in [1.54, 1.807) is 23.1 Å². The molecule has 4 heteroatoms. The number of rotatable bonds is 1. The fourth-order valence-electron chi connectivity index (χ4n) is 1.70. The first-order chi connectivity index (χ1) is 7.22. The molecule has 1 atom stereocenters. The summed E-state index contributed by atoms with van der Waals surface area (Å²) in [5.74, 6) is -0.0647. The van der Waals surface area contributed by atoms with Gasteiger partial charge in [0.25, 0.3) is 0 Å². The lowest BCUT2D eigenvalue weighted by Gasteiger charge is -2.15. The maximum atomic E-state index is 11.6. The zero-order valence-corrected chi connectivity index (χ0v) is 8.18. The first kappa shape index (κ1) is 9.69. The van der Waals surface area contributed by atoms with Gasteiger partial charge in [0.2, 0.25) is 5.91 Å². The minimum Gasteiger partial charge on any atom is -0.320 e. The maximum absolute atomic E-state index is 11.6. The molecule has 0 spiro atoms. The van der Waals surface area contributed by atoms with Crippen LogP contribution in [0, 0.1) is 11.3 Å². The summed E-state index contributed by atoms with van der Waals surface area (Å²) in [6.45, 7) is 0.634. The van der Waals surface area contributed by atoms with Crippen molar-refractivity contribution in [1.82, 2.24) is 0 Å². The molecule has 0 aliphatic carbocycles. The fourth-order valence-corrected chi connectivity index (χ4v) is 1.70. The summed E-state index contributed by atoms with van der Waals surface area (Å²) < 4.78 is 0. The van der Waals surface area contributed by atoms with E-state index >= 15 is 0 Å². The second-order valence-electron chi connectivity index (χ2n) is 3.55. The molecule has 0 saturated carbocycles. The number of nitrogens with two attached hydrogens (primary N) is 1. The van der Waals surface area contributed by atoms with Gasteiger partial charge in [0.15, 0.2) is 0 Å². The number of benzene rings is 1. The highest BCUT2D eigenvalue weighted by atomic mass is 16.2. The van der Waals surface area contributed by atoms with Crippen molar-refractivity contribution in [1.29, 1.82) is 5.26 Å². The smallest absolute Gasteiger partial charge is 0.243 e. The van der Waals surface area contributed by atoms with Gasteiger partial charge in [0.1, 0.15) is 0 Å². The standard InChI is InChI=1S/C11H11N3O/c12-7-8-2-1-3-9(6-8)14-5-4-10(13)11(14)15/h1-3,6,10H,4-5,13H2. The third-order valence-electron chi connectivity index (χ3n) is 2.53. The van der Waals surface area contributed by atoms with E-state index in [9.17, 15) is 4.79 Å². The van der Waals surface area contributed by atoms with Gasteiger partial charge in [-0.05, 0) is 24.6 Å². The molecule has 1 aliphatic heterocycles. The molecular formula is C11H11N3O. The predicted molar refractivity (Wildman–Crippen MR) is 56.1 cm³/mol. The van der Waals surface area contributed by atoms with Crippen LogP contribution in [0.5, 0.6) is 0 Å². The van der Waals surface area contributed by atoms with Crippen molar-refractivity contribution in [2.24, 2.45) is 5.73 Å². The third kappa shape index (κ3) is 1.69. The highest BCUT2D eigenvalue weighted by molar-refractivity contribution is 5.99. The summed E-state index contributed by atoms with van der Waals surface area (Å²) in [5, 5.41) is 8.74. The molecule has 4 nitrogen and oxygen atoms in total. The molecule has 1 amide bonds. The van der Waals surface area contributed by atoms with Crippen LogP contribution in [0.15, 0.2) is 24.3 Å². The predicted octanol–water partition coefficient (Wildman–Crippen LogP) is 0.622. The summed E-state index contributed by atoms with van der Waals surface area (Å²) in [5.41, 5.74) is 6.93. The number of nitrogens with zero attached hydrogens (tertiary/aromatic N) is 2. The second kappa shape index (κ2) is 3.71. The van der Waals surface area contributed by atoms with E-state index in [4.69, 9.17) is 11.0 Å². The van der Waals surface area contributed by atoms with Gasteiger partial charge in [-0.15, -0.1) is 0 Å². The monoisotopic (exact) mass is 201 g/mol. The quantitative estimate of drug-likeness (QED) is 0.724. The van der Waals surface area contributed by atoms with E-state index in [-0.39, 0.29) is 5.91 Å². The van der Waals surface area contributed by atoms with Gasteiger partial charge in [-0.1, -0.05) is 6.07 Å². The van der Waals surface area contributed by atoms with E-state index in [0.29, 0.717) is 18.5 Å². The molecule has 1 aromatic carbocycles. The van der Waals surface area contributed by atoms with Crippen LogP contribution in [0.1, 0.15) is 12.0 Å². The molecule has 2 rings (SSSR count). The number of hydrogen-bond donors (Lipinski definition) is 1. The van der Waals surface area contributed by atoms with Crippen molar-refractivity contribution >= 4 is 11.6 Å². The van der Waals surface area contributed by atoms with Crippen LogP contribution in [0.3, 0.4) is 0 Å². The van der Waals surface area contributed by atoms with Crippen LogP contribution in [0.4, 0.5) is 5.69 Å². The van der Waals surface area contributed by atoms with Gasteiger partial charge in [-0.3, -0.25) is 4.79 Å². The Hall–Kier alpha value is -1.86. The van der Waals surface area contributed by atoms with Crippen LogP contribution in [0.25, 0.3) is 0 Å². The topological polar surface area (TPSA) is 70.1 Å². The summed E-state index contributed by atoms with van der Waals surface area (Å²) in [7, 11) is 0. The molecule has 1 saturated heterocycles. The lowest BCUT2D eigenvalue weighted by molar-refractivity contribution is -0.118. The number of nitriles is 1. The normalized spacial score (nSPS) is 20.4. The van der Waals surface area contributed by atoms with Crippen LogP contribution in [-0.4, -0.2) is 18.5 Å². The van der Waals surface area contributed by atoms with Crippen molar-refractivity contribution in [3.8, 4) is 6.07 Å². The molecule has 1 unspecified atom stereocenters. The first-order valence-corrected chi connectivity index (χ1v) is 4.79. The van der Waals surface area contributed by atoms with Gasteiger partial charge >= 0.3 is 0 Å². The average molecular weight is 201 g/mol. The van der Waals surface area contributed by atoms with E-state index in [2.05, 4.69) is 0 Å². The van der Waals surface area contributed by atoms with E-state index in [0.717, 1.165) is 5.69 Å². The summed E-state index contributed by atoms with van der Waals surface area (Å²) >= 11 is 0. The molecule has 76 valence electrons. The van der Waals surface area contributed by atoms with Crippen molar-refractivity contribution in [2.75, 3.05) is 11.4 Å². The van der Waals surface area contributed by atoms with Gasteiger partial charge in [-0.2, -0.15) is 5.26 Å². The number of anilines is 1. The summed E-state index contributed by atoms with van der Waals surface area (Å²) in [4.78, 5) is 13.3. The average Bonchev–Trinajstić information content (AvgIpc) is 2.60. The Morgan fingerprint density at radius 2 is 2.33 bits per heavy atom. The Morgan fingerprint density at radius 1 is 1.53 bits per heavy atom. The van der Waals surface area contributed by atoms with E-state index < -0.39 is 6.04 Å². The maximum Gasteiger partial charge on any atom is 0.243 e. The number of hydrogen-bond acceptors (Lipinski definition) is 3. The van der Waals surface area contributed by atoms with Gasteiger partial charge < -0.3 is 10.6 Å². The Balaban J connectivity index is 2.31.